The Morgan fingerprint density at radius 1 is 1.30 bits per heavy atom. The van der Waals surface area contributed by atoms with Crippen molar-refractivity contribution in [1.82, 2.24) is 10.6 Å². The van der Waals surface area contributed by atoms with Crippen molar-refractivity contribution < 1.29 is 9.59 Å². The van der Waals surface area contributed by atoms with E-state index in [0.717, 1.165) is 12.8 Å². The summed E-state index contributed by atoms with van der Waals surface area (Å²) < 4.78 is 0. The zero-order valence-corrected chi connectivity index (χ0v) is 11.8. The summed E-state index contributed by atoms with van der Waals surface area (Å²) in [7, 11) is 0. The largest absolute Gasteiger partial charge is 0.352 e. The zero-order chi connectivity index (χ0) is 14.8. The number of carbonyl (C=O) groups is 2. The molecule has 0 radical (unpaired) electrons. The Morgan fingerprint density at radius 2 is 1.90 bits per heavy atom. The van der Waals surface area contributed by atoms with Crippen molar-refractivity contribution in [2.45, 2.75) is 44.3 Å². The maximum absolute atomic E-state index is 12.3. The van der Waals surface area contributed by atoms with Gasteiger partial charge in [-0.3, -0.25) is 9.59 Å². The van der Waals surface area contributed by atoms with Crippen molar-refractivity contribution in [1.29, 1.82) is 0 Å². The van der Waals surface area contributed by atoms with Gasteiger partial charge in [0.2, 0.25) is 11.8 Å². The topological polar surface area (TPSA) is 84.2 Å². The van der Waals surface area contributed by atoms with E-state index < -0.39 is 11.6 Å². The first-order chi connectivity index (χ1) is 9.41. The predicted molar refractivity (Wildman–Crippen MR) is 76.8 cm³/mol. The second-order valence-corrected chi connectivity index (χ2v) is 5.55. The molecule has 2 atom stereocenters. The van der Waals surface area contributed by atoms with Crippen LogP contribution < -0.4 is 16.4 Å². The van der Waals surface area contributed by atoms with Crippen molar-refractivity contribution in [3.05, 3.63) is 35.9 Å². The molecule has 0 spiro atoms. The van der Waals surface area contributed by atoms with Crippen molar-refractivity contribution in [3.8, 4) is 0 Å². The van der Waals surface area contributed by atoms with Gasteiger partial charge < -0.3 is 16.4 Å². The fraction of sp³-hybridized carbons (Fsp3) is 0.467. The number of carbonyl (C=O) groups excluding carboxylic acids is 2. The van der Waals surface area contributed by atoms with Crippen LogP contribution >= 0.6 is 0 Å². The minimum Gasteiger partial charge on any atom is -0.352 e. The minimum atomic E-state index is -1.16. The highest BCUT2D eigenvalue weighted by Gasteiger charge is 2.33. The summed E-state index contributed by atoms with van der Waals surface area (Å²) in [4.78, 5) is 24.1. The summed E-state index contributed by atoms with van der Waals surface area (Å²) >= 11 is 0. The molecule has 108 valence electrons. The van der Waals surface area contributed by atoms with Crippen LogP contribution in [0.5, 0.6) is 0 Å². The lowest BCUT2D eigenvalue weighted by Gasteiger charge is -2.26. The predicted octanol–water partition coefficient (Wildman–Crippen LogP) is 0.644. The highest BCUT2D eigenvalue weighted by atomic mass is 16.2. The molecule has 4 N–H and O–H groups in total. The van der Waals surface area contributed by atoms with Crippen LogP contribution in [0.3, 0.4) is 0 Å². The average molecular weight is 275 g/mol. The highest BCUT2D eigenvalue weighted by molar-refractivity contribution is 5.92. The van der Waals surface area contributed by atoms with E-state index in [1.165, 1.54) is 0 Å². The number of hydrogen-bond donors (Lipinski definition) is 3. The lowest BCUT2D eigenvalue weighted by atomic mass is 9.92. The average Bonchev–Trinajstić information content (AvgIpc) is 3.23. The monoisotopic (exact) mass is 275 g/mol. The summed E-state index contributed by atoms with van der Waals surface area (Å²) in [6.07, 6.45) is 2.04. The van der Waals surface area contributed by atoms with Gasteiger partial charge in [0.25, 0.3) is 0 Å². The maximum Gasteiger partial charge on any atom is 0.245 e. The summed E-state index contributed by atoms with van der Waals surface area (Å²) in [6, 6.07) is 8.81. The highest BCUT2D eigenvalue weighted by Crippen LogP contribution is 2.19. The van der Waals surface area contributed by atoms with E-state index in [0.29, 0.717) is 5.56 Å². The molecule has 1 saturated carbocycles. The van der Waals surface area contributed by atoms with Gasteiger partial charge in [-0.2, -0.15) is 0 Å². The van der Waals surface area contributed by atoms with E-state index in [1.807, 2.05) is 18.2 Å². The fourth-order valence-corrected chi connectivity index (χ4v) is 1.88. The molecule has 1 aliphatic rings. The van der Waals surface area contributed by atoms with Gasteiger partial charge >= 0.3 is 0 Å². The third-order valence-electron chi connectivity index (χ3n) is 3.51. The Kier molecular flexibility index (Phi) is 4.09. The molecule has 2 amide bonds. The van der Waals surface area contributed by atoms with E-state index in [2.05, 4.69) is 10.6 Å². The number of hydrogen-bond acceptors (Lipinski definition) is 3. The Balaban J connectivity index is 1.97. The smallest absolute Gasteiger partial charge is 0.245 e. The van der Waals surface area contributed by atoms with E-state index in [-0.39, 0.29) is 17.9 Å². The van der Waals surface area contributed by atoms with Crippen molar-refractivity contribution in [2.75, 3.05) is 0 Å². The molecule has 1 fully saturated rings. The number of benzene rings is 1. The van der Waals surface area contributed by atoms with Crippen LogP contribution in [0, 0.1) is 0 Å². The molecular weight excluding hydrogens is 254 g/mol. The van der Waals surface area contributed by atoms with Gasteiger partial charge in [-0.05, 0) is 32.3 Å². The maximum atomic E-state index is 12.3. The number of rotatable bonds is 5. The quantitative estimate of drug-likeness (QED) is 0.737. The second-order valence-electron chi connectivity index (χ2n) is 5.55. The van der Waals surface area contributed by atoms with Gasteiger partial charge in [-0.25, -0.2) is 0 Å². The van der Waals surface area contributed by atoms with Crippen LogP contribution in [-0.4, -0.2) is 23.9 Å². The third kappa shape index (κ3) is 3.36. The van der Waals surface area contributed by atoms with Gasteiger partial charge in [0.15, 0.2) is 0 Å². The van der Waals surface area contributed by atoms with Gasteiger partial charge in [0.05, 0.1) is 0 Å². The summed E-state index contributed by atoms with van der Waals surface area (Å²) in [5, 5.41) is 5.53. The minimum absolute atomic E-state index is 0.162. The van der Waals surface area contributed by atoms with Crippen LogP contribution in [0.1, 0.15) is 32.3 Å². The van der Waals surface area contributed by atoms with Crippen molar-refractivity contribution in [3.63, 3.8) is 0 Å². The second kappa shape index (κ2) is 5.63. The molecule has 0 heterocycles. The molecule has 2 unspecified atom stereocenters. The molecule has 5 nitrogen and oxygen atoms in total. The van der Waals surface area contributed by atoms with Gasteiger partial charge in [0.1, 0.15) is 11.6 Å². The molecule has 0 aromatic heterocycles. The van der Waals surface area contributed by atoms with Crippen molar-refractivity contribution in [2.24, 2.45) is 5.73 Å². The zero-order valence-electron chi connectivity index (χ0n) is 11.8. The first-order valence-corrected chi connectivity index (χ1v) is 6.87. The number of nitrogens with two attached hydrogens (primary N) is 1. The molecule has 0 aliphatic heterocycles. The van der Waals surface area contributed by atoms with Gasteiger partial charge in [-0.15, -0.1) is 0 Å². The van der Waals surface area contributed by atoms with E-state index in [9.17, 15) is 9.59 Å². The Morgan fingerprint density at radius 3 is 2.45 bits per heavy atom. The Hall–Kier alpha value is -1.88. The van der Waals surface area contributed by atoms with Crippen LogP contribution in [0.15, 0.2) is 30.3 Å². The fourth-order valence-electron chi connectivity index (χ4n) is 1.88. The standard InChI is InChI=1S/C15H21N3O2/c1-10(13(19)18-12-8-9-12)17-14(20)15(2,16)11-6-4-3-5-7-11/h3-7,10,12H,8-9,16H2,1-2H3,(H,17,20)(H,18,19). The SMILES string of the molecule is CC(NC(=O)C(C)(N)c1ccccc1)C(=O)NC1CC1. The summed E-state index contributed by atoms with van der Waals surface area (Å²) in [6.45, 7) is 3.31. The molecule has 1 aromatic rings. The van der Waals surface area contributed by atoms with Crippen molar-refractivity contribution >= 4 is 11.8 Å². The molecule has 0 saturated heterocycles. The van der Waals surface area contributed by atoms with E-state index in [4.69, 9.17) is 5.73 Å². The molecule has 2 rings (SSSR count). The molecule has 1 aromatic carbocycles. The van der Waals surface area contributed by atoms with E-state index >= 15 is 0 Å². The summed E-state index contributed by atoms with van der Waals surface area (Å²) in [5.41, 5.74) is 5.66. The molecule has 20 heavy (non-hydrogen) atoms. The lowest BCUT2D eigenvalue weighted by Crippen LogP contribution is -2.54. The van der Waals surface area contributed by atoms with Crippen LogP contribution in [0.25, 0.3) is 0 Å². The van der Waals surface area contributed by atoms with Crippen LogP contribution in [0.4, 0.5) is 0 Å². The Bertz CT molecular complexity index is 495. The Labute approximate surface area is 118 Å². The first-order valence-electron chi connectivity index (χ1n) is 6.87. The van der Waals surface area contributed by atoms with Crippen LogP contribution in [0.2, 0.25) is 0 Å². The molecule has 0 bridgehead atoms. The summed E-state index contributed by atoms with van der Waals surface area (Å²) in [5.74, 6) is -0.521. The van der Waals surface area contributed by atoms with Gasteiger partial charge in [-0.1, -0.05) is 30.3 Å². The number of nitrogens with one attached hydrogen (secondary N) is 2. The first kappa shape index (κ1) is 14.5. The third-order valence-corrected chi connectivity index (χ3v) is 3.51. The normalized spacial score (nSPS) is 18.8. The number of amides is 2. The van der Waals surface area contributed by atoms with Gasteiger partial charge in [0, 0.05) is 6.04 Å². The van der Waals surface area contributed by atoms with E-state index in [1.54, 1.807) is 26.0 Å². The molecular formula is C15H21N3O2. The van der Waals surface area contributed by atoms with Crippen LogP contribution in [-0.2, 0) is 15.1 Å². The molecule has 5 heteroatoms. The lowest BCUT2D eigenvalue weighted by molar-refractivity contribution is -0.131. The molecule has 1 aliphatic carbocycles.